The number of aromatic nitrogens is 2. The molecule has 162 valence electrons. The molecule has 0 atom stereocenters. The molecule has 0 radical (unpaired) electrons. The van der Waals surface area contributed by atoms with E-state index in [1.807, 2.05) is 12.1 Å². The van der Waals surface area contributed by atoms with Crippen molar-refractivity contribution < 1.29 is 8.42 Å². The molecule has 0 bridgehead atoms. The van der Waals surface area contributed by atoms with Gasteiger partial charge in [-0.3, -0.25) is 0 Å². The maximum absolute atomic E-state index is 13.0. The summed E-state index contributed by atoms with van der Waals surface area (Å²) in [6.07, 6.45) is 2.35. The lowest BCUT2D eigenvalue weighted by Crippen LogP contribution is -2.49. The molecule has 2 saturated heterocycles. The fraction of sp³-hybridized carbons (Fsp3) is 0.500. The molecule has 2 aliphatic heterocycles. The smallest absolute Gasteiger partial charge is 0.244 e. The number of hydrogen-bond acceptors (Lipinski definition) is 6. The van der Waals surface area contributed by atoms with Crippen LogP contribution in [0.25, 0.3) is 0 Å². The Morgan fingerprint density at radius 2 is 1.43 bits per heavy atom. The van der Waals surface area contributed by atoms with Gasteiger partial charge >= 0.3 is 0 Å². The zero-order valence-electron chi connectivity index (χ0n) is 16.8. The number of nitrogens with zero attached hydrogens (tertiary/aromatic N) is 5. The van der Waals surface area contributed by atoms with Gasteiger partial charge in [-0.2, -0.15) is 4.31 Å². The molecular weight excluding hydrogens is 445 g/mol. The number of piperidine rings is 1. The summed E-state index contributed by atoms with van der Waals surface area (Å²) in [5, 5.41) is 9.32. The van der Waals surface area contributed by atoms with Crippen LogP contribution in [0, 0.1) is 5.92 Å². The van der Waals surface area contributed by atoms with Crippen LogP contribution in [0.1, 0.15) is 19.8 Å². The lowest BCUT2D eigenvalue weighted by molar-refractivity contribution is 0.383. The summed E-state index contributed by atoms with van der Waals surface area (Å²) in [5.41, 5.74) is 0. The third kappa shape index (κ3) is 4.51. The van der Waals surface area contributed by atoms with Crippen LogP contribution in [0.4, 0.5) is 11.6 Å². The third-order valence-electron chi connectivity index (χ3n) is 5.82. The zero-order chi connectivity index (χ0) is 21.3. The zero-order valence-corrected chi connectivity index (χ0v) is 19.2. The van der Waals surface area contributed by atoms with Gasteiger partial charge in [0.05, 0.1) is 5.02 Å². The van der Waals surface area contributed by atoms with Gasteiger partial charge in [0.15, 0.2) is 11.6 Å². The lowest BCUT2D eigenvalue weighted by Gasteiger charge is -2.35. The van der Waals surface area contributed by atoms with Crippen LogP contribution in [0.5, 0.6) is 0 Å². The SMILES string of the molecule is CC1CCN(c2ccc(N3CCN(S(=O)(=O)c4cc(Cl)ccc4Cl)CC3)nn2)CC1. The van der Waals surface area contributed by atoms with Gasteiger partial charge in [0.1, 0.15) is 4.90 Å². The van der Waals surface area contributed by atoms with Crippen molar-refractivity contribution in [3.8, 4) is 0 Å². The van der Waals surface area contributed by atoms with Gasteiger partial charge in [-0.15, -0.1) is 10.2 Å². The molecule has 0 N–H and O–H groups in total. The average molecular weight is 470 g/mol. The molecule has 0 unspecified atom stereocenters. The Bertz CT molecular complexity index is 987. The first-order valence-electron chi connectivity index (χ1n) is 10.1. The summed E-state index contributed by atoms with van der Waals surface area (Å²) in [4.78, 5) is 4.38. The Morgan fingerprint density at radius 3 is 2.00 bits per heavy atom. The maximum Gasteiger partial charge on any atom is 0.244 e. The molecule has 4 rings (SSSR count). The van der Waals surface area contributed by atoms with Gasteiger partial charge in [0, 0.05) is 44.3 Å². The quantitative estimate of drug-likeness (QED) is 0.681. The molecule has 10 heteroatoms. The van der Waals surface area contributed by atoms with Gasteiger partial charge in [0.2, 0.25) is 10.0 Å². The first kappa shape index (κ1) is 21.6. The van der Waals surface area contributed by atoms with Crippen LogP contribution in [0.3, 0.4) is 0 Å². The molecule has 2 aliphatic rings. The fourth-order valence-corrected chi connectivity index (χ4v) is 6.02. The highest BCUT2D eigenvalue weighted by Gasteiger charge is 2.31. The van der Waals surface area contributed by atoms with Crippen molar-refractivity contribution in [1.82, 2.24) is 14.5 Å². The van der Waals surface area contributed by atoms with E-state index >= 15 is 0 Å². The Morgan fingerprint density at radius 1 is 0.867 bits per heavy atom. The molecule has 2 aromatic rings. The summed E-state index contributed by atoms with van der Waals surface area (Å²) in [5.74, 6) is 2.44. The van der Waals surface area contributed by atoms with E-state index in [4.69, 9.17) is 23.2 Å². The Labute approximate surface area is 187 Å². The highest BCUT2D eigenvalue weighted by atomic mass is 35.5. The van der Waals surface area contributed by atoms with E-state index in [0.717, 1.165) is 30.6 Å². The molecule has 0 spiro atoms. The molecule has 0 aliphatic carbocycles. The van der Waals surface area contributed by atoms with Gasteiger partial charge in [-0.25, -0.2) is 8.42 Å². The van der Waals surface area contributed by atoms with Crippen molar-refractivity contribution in [3.63, 3.8) is 0 Å². The minimum absolute atomic E-state index is 0.0464. The Kier molecular flexibility index (Phi) is 6.39. The highest BCUT2D eigenvalue weighted by Crippen LogP contribution is 2.29. The normalized spacial score (nSPS) is 19.3. The number of anilines is 2. The van der Waals surface area contributed by atoms with Crippen LogP contribution in [0.2, 0.25) is 10.0 Å². The second-order valence-electron chi connectivity index (χ2n) is 7.89. The molecule has 2 fully saturated rings. The van der Waals surface area contributed by atoms with Crippen LogP contribution in [-0.2, 0) is 10.0 Å². The van der Waals surface area contributed by atoms with Crippen molar-refractivity contribution in [3.05, 3.63) is 40.4 Å². The first-order chi connectivity index (χ1) is 14.3. The predicted molar refractivity (Wildman–Crippen MR) is 120 cm³/mol. The lowest BCUT2D eigenvalue weighted by atomic mass is 9.99. The van der Waals surface area contributed by atoms with Crippen LogP contribution in [-0.4, -0.2) is 62.2 Å². The molecule has 3 heterocycles. The van der Waals surface area contributed by atoms with Gasteiger partial charge in [-0.05, 0) is 49.1 Å². The van der Waals surface area contributed by atoms with E-state index in [9.17, 15) is 8.42 Å². The standard InChI is InChI=1S/C20H25Cl2N5O2S/c1-15-6-8-25(9-7-15)19-4-5-20(24-23-19)26-10-12-27(13-11-26)30(28,29)18-14-16(21)2-3-17(18)22/h2-5,14-15H,6-13H2,1H3. The van der Waals surface area contributed by atoms with Crippen molar-refractivity contribution in [2.45, 2.75) is 24.7 Å². The van der Waals surface area contributed by atoms with Gasteiger partial charge < -0.3 is 9.80 Å². The summed E-state index contributed by atoms with van der Waals surface area (Å²) < 4.78 is 27.4. The van der Waals surface area contributed by atoms with Crippen LogP contribution < -0.4 is 9.80 Å². The van der Waals surface area contributed by atoms with E-state index in [2.05, 4.69) is 26.9 Å². The number of halogens is 2. The summed E-state index contributed by atoms with van der Waals surface area (Å²) in [6, 6.07) is 8.46. The Balaban J connectivity index is 1.40. The number of piperazine rings is 1. The monoisotopic (exact) mass is 469 g/mol. The van der Waals surface area contributed by atoms with Crippen molar-refractivity contribution >= 4 is 44.9 Å². The first-order valence-corrected chi connectivity index (χ1v) is 12.3. The molecule has 7 nitrogen and oxygen atoms in total. The number of benzene rings is 1. The molecule has 0 amide bonds. The van der Waals surface area contributed by atoms with Crippen molar-refractivity contribution in [2.24, 2.45) is 5.92 Å². The van der Waals surface area contributed by atoms with E-state index in [1.165, 1.54) is 29.3 Å². The molecule has 30 heavy (non-hydrogen) atoms. The summed E-state index contributed by atoms with van der Waals surface area (Å²) in [6.45, 7) is 6.07. The molecule has 0 saturated carbocycles. The van der Waals surface area contributed by atoms with Gasteiger partial charge in [0.25, 0.3) is 0 Å². The summed E-state index contributed by atoms with van der Waals surface area (Å²) in [7, 11) is -3.70. The van der Waals surface area contributed by atoms with Crippen molar-refractivity contribution in [1.29, 1.82) is 0 Å². The number of sulfonamides is 1. The van der Waals surface area contributed by atoms with Gasteiger partial charge in [-0.1, -0.05) is 30.1 Å². The number of hydrogen-bond donors (Lipinski definition) is 0. The largest absolute Gasteiger partial charge is 0.355 e. The second-order valence-corrected chi connectivity index (χ2v) is 10.6. The third-order valence-corrected chi connectivity index (χ3v) is 8.43. The topological polar surface area (TPSA) is 69.6 Å². The number of rotatable bonds is 4. The minimum Gasteiger partial charge on any atom is -0.355 e. The average Bonchev–Trinajstić information content (AvgIpc) is 2.76. The minimum atomic E-state index is -3.70. The molecule has 1 aromatic heterocycles. The maximum atomic E-state index is 13.0. The highest BCUT2D eigenvalue weighted by molar-refractivity contribution is 7.89. The summed E-state index contributed by atoms with van der Waals surface area (Å²) >= 11 is 12.1. The van der Waals surface area contributed by atoms with Crippen molar-refractivity contribution in [2.75, 3.05) is 49.1 Å². The van der Waals surface area contributed by atoms with Crippen LogP contribution in [0.15, 0.2) is 35.2 Å². The Hall–Kier alpha value is -1.61. The van der Waals surface area contributed by atoms with E-state index in [0.29, 0.717) is 31.2 Å². The van der Waals surface area contributed by atoms with E-state index < -0.39 is 10.0 Å². The van der Waals surface area contributed by atoms with E-state index in [-0.39, 0.29) is 9.92 Å². The van der Waals surface area contributed by atoms with Crippen LogP contribution >= 0.6 is 23.2 Å². The van der Waals surface area contributed by atoms with E-state index in [1.54, 1.807) is 6.07 Å². The molecular formula is C20H25Cl2N5O2S. The molecule has 1 aromatic carbocycles. The fourth-order valence-electron chi connectivity index (χ4n) is 3.86. The second kappa shape index (κ2) is 8.86. The predicted octanol–water partition coefficient (Wildman–Crippen LogP) is 3.53.